The third-order valence-corrected chi connectivity index (χ3v) is 5.77. The number of allylic oxidation sites excluding steroid dienone is 1. The van der Waals surface area contributed by atoms with Gasteiger partial charge in [-0.25, -0.2) is 4.79 Å². The molecule has 3 aromatic rings. The molecular formula is C26H23NO7S2. The van der Waals surface area contributed by atoms with Gasteiger partial charge in [0.1, 0.15) is 29.1 Å². The van der Waals surface area contributed by atoms with Crippen LogP contribution in [0.5, 0.6) is 11.5 Å². The van der Waals surface area contributed by atoms with Crippen molar-refractivity contribution >= 4 is 52.9 Å². The summed E-state index contributed by atoms with van der Waals surface area (Å²) >= 11 is 5.87. The van der Waals surface area contributed by atoms with E-state index in [1.165, 1.54) is 11.8 Å². The molecule has 0 bridgehead atoms. The summed E-state index contributed by atoms with van der Waals surface area (Å²) in [6, 6.07) is 16.3. The zero-order chi connectivity index (χ0) is 25.9. The number of hydrogen-bond acceptors (Lipinski definition) is 8. The molecule has 1 heterocycles. The Morgan fingerprint density at radius 1 is 1.14 bits per heavy atom. The smallest absolute Gasteiger partial charge is 0.326 e. The number of amides is 1. The van der Waals surface area contributed by atoms with Crippen LogP contribution in [-0.2, 0) is 20.8 Å². The standard InChI is InChI=1S/C26H23NO7S2/c1-32-20-10-18(24-8-7-19(34-24)13-22(14-28)36-16-35)11-21(12-20)33-15-25(29)27-23(26(30)31)9-17-5-3-2-4-6-17/h2-8,10-14,16,23H,9,15H2,1H3,(H,27,29)(H,30,31)/b22-13-. The van der Waals surface area contributed by atoms with Crippen LogP contribution < -0.4 is 14.8 Å². The van der Waals surface area contributed by atoms with Crippen molar-refractivity contribution in [1.29, 1.82) is 0 Å². The number of carboxylic acids is 1. The van der Waals surface area contributed by atoms with Crippen molar-refractivity contribution in [1.82, 2.24) is 5.32 Å². The van der Waals surface area contributed by atoms with Gasteiger partial charge in [0.25, 0.3) is 5.91 Å². The van der Waals surface area contributed by atoms with E-state index in [-0.39, 0.29) is 6.42 Å². The largest absolute Gasteiger partial charge is 0.497 e. The third-order valence-electron chi connectivity index (χ3n) is 4.90. The number of thiocarbonyl (C=S) groups is 1. The number of nitrogens with one attached hydrogen (secondary N) is 1. The molecule has 0 saturated heterocycles. The molecule has 0 aliphatic heterocycles. The zero-order valence-electron chi connectivity index (χ0n) is 19.2. The fourth-order valence-corrected chi connectivity index (χ4v) is 3.91. The summed E-state index contributed by atoms with van der Waals surface area (Å²) in [6.07, 6.45) is 2.41. The van der Waals surface area contributed by atoms with Gasteiger partial charge < -0.3 is 24.3 Å². The van der Waals surface area contributed by atoms with E-state index in [2.05, 4.69) is 5.32 Å². The number of methoxy groups -OCH3 is 1. The van der Waals surface area contributed by atoms with E-state index in [4.69, 9.17) is 26.1 Å². The molecule has 2 N–H and O–H groups in total. The second-order valence-corrected chi connectivity index (χ2v) is 8.89. The molecular weight excluding hydrogens is 502 g/mol. The number of rotatable bonds is 13. The minimum Gasteiger partial charge on any atom is -0.497 e. The number of carbonyl (C=O) groups is 3. The second kappa shape index (κ2) is 13.3. The van der Waals surface area contributed by atoms with Gasteiger partial charge in [-0.05, 0) is 35.9 Å². The zero-order valence-corrected chi connectivity index (χ0v) is 20.8. The summed E-state index contributed by atoms with van der Waals surface area (Å²) < 4.78 is 18.1. The van der Waals surface area contributed by atoms with Crippen LogP contribution in [0.2, 0.25) is 0 Å². The van der Waals surface area contributed by atoms with Gasteiger partial charge in [-0.3, -0.25) is 9.59 Å². The van der Waals surface area contributed by atoms with Crippen molar-refractivity contribution < 1.29 is 33.4 Å². The predicted molar refractivity (Wildman–Crippen MR) is 141 cm³/mol. The number of aliphatic carboxylic acids is 1. The monoisotopic (exact) mass is 525 g/mol. The van der Waals surface area contributed by atoms with Crippen molar-refractivity contribution in [3.8, 4) is 22.8 Å². The van der Waals surface area contributed by atoms with Gasteiger partial charge in [-0.15, -0.1) is 0 Å². The van der Waals surface area contributed by atoms with Crippen LogP contribution in [0.1, 0.15) is 11.3 Å². The Bertz CT molecular complexity index is 1250. The molecule has 10 heteroatoms. The van der Waals surface area contributed by atoms with Crippen molar-refractivity contribution in [2.24, 2.45) is 0 Å². The molecule has 0 aliphatic carbocycles. The van der Waals surface area contributed by atoms with Crippen LogP contribution >= 0.6 is 24.0 Å². The van der Waals surface area contributed by atoms with Crippen molar-refractivity contribution in [3.63, 3.8) is 0 Å². The molecule has 2 aromatic carbocycles. The maximum atomic E-state index is 12.4. The van der Waals surface area contributed by atoms with Gasteiger partial charge in [0.2, 0.25) is 0 Å². The molecule has 1 aromatic heterocycles. The van der Waals surface area contributed by atoms with Gasteiger partial charge in [-0.1, -0.05) is 54.3 Å². The summed E-state index contributed by atoms with van der Waals surface area (Å²) in [6.45, 7) is -0.394. The number of thioether (sulfide) groups is 1. The molecule has 0 spiro atoms. The van der Waals surface area contributed by atoms with Gasteiger partial charge in [0.15, 0.2) is 12.9 Å². The van der Waals surface area contributed by atoms with Gasteiger partial charge in [0, 0.05) is 22.8 Å². The molecule has 0 aliphatic rings. The van der Waals surface area contributed by atoms with E-state index < -0.39 is 24.5 Å². The average molecular weight is 526 g/mol. The van der Waals surface area contributed by atoms with E-state index in [1.807, 2.05) is 6.07 Å². The fourth-order valence-electron chi connectivity index (χ4n) is 3.23. The Morgan fingerprint density at radius 3 is 2.56 bits per heavy atom. The van der Waals surface area contributed by atoms with Crippen LogP contribution in [0, 0.1) is 0 Å². The molecule has 1 unspecified atom stereocenters. The van der Waals surface area contributed by atoms with Crippen molar-refractivity contribution in [3.05, 3.63) is 76.9 Å². The first-order valence-electron chi connectivity index (χ1n) is 10.7. The lowest BCUT2D eigenvalue weighted by molar-refractivity contribution is -0.142. The lowest BCUT2D eigenvalue weighted by Gasteiger charge is -2.15. The van der Waals surface area contributed by atoms with Crippen molar-refractivity contribution in [2.45, 2.75) is 12.5 Å². The Morgan fingerprint density at radius 2 is 1.89 bits per heavy atom. The summed E-state index contributed by atoms with van der Waals surface area (Å²) in [4.78, 5) is 35.6. The van der Waals surface area contributed by atoms with Crippen LogP contribution in [0.4, 0.5) is 0 Å². The molecule has 0 saturated carbocycles. The summed E-state index contributed by atoms with van der Waals surface area (Å²) in [7, 11) is 1.49. The van der Waals surface area contributed by atoms with Gasteiger partial charge >= 0.3 is 5.97 Å². The van der Waals surface area contributed by atoms with Crippen LogP contribution in [-0.4, -0.2) is 47.7 Å². The van der Waals surface area contributed by atoms with E-state index in [9.17, 15) is 19.5 Å². The van der Waals surface area contributed by atoms with E-state index >= 15 is 0 Å². The number of carboxylic acid groups (broad SMARTS) is 1. The molecule has 186 valence electrons. The predicted octanol–water partition coefficient (Wildman–Crippen LogP) is 4.38. The molecule has 0 fully saturated rings. The SMILES string of the molecule is COc1cc(OCC(=O)NC(Cc2ccccc2)C(=O)O)cc(-c2ccc(/C=C(/C=O)SC=S)o2)c1. The molecule has 1 atom stereocenters. The highest BCUT2D eigenvalue weighted by atomic mass is 32.2. The van der Waals surface area contributed by atoms with Crippen LogP contribution in [0.25, 0.3) is 17.4 Å². The lowest BCUT2D eigenvalue weighted by atomic mass is 10.1. The number of aldehydes is 1. The molecule has 1 amide bonds. The Kier molecular flexibility index (Phi) is 9.84. The number of hydrogen-bond donors (Lipinski definition) is 2. The number of carbonyl (C=O) groups excluding carboxylic acids is 2. The minimum atomic E-state index is -1.14. The molecule has 36 heavy (non-hydrogen) atoms. The summed E-state index contributed by atoms with van der Waals surface area (Å²) in [5.41, 5.74) is 1.41. The highest BCUT2D eigenvalue weighted by molar-refractivity contribution is 8.23. The molecule has 3 rings (SSSR count). The maximum Gasteiger partial charge on any atom is 0.326 e. The Hall–Kier alpha value is -3.89. The topological polar surface area (TPSA) is 115 Å². The first-order chi connectivity index (χ1) is 17.4. The van der Waals surface area contributed by atoms with E-state index in [0.29, 0.717) is 39.8 Å². The molecule has 0 radical (unpaired) electrons. The minimum absolute atomic E-state index is 0.148. The Labute approximate surface area is 217 Å². The first-order valence-corrected chi connectivity index (χ1v) is 12.0. The van der Waals surface area contributed by atoms with E-state index in [1.54, 1.807) is 60.7 Å². The normalized spacial score (nSPS) is 11.9. The number of benzene rings is 2. The van der Waals surface area contributed by atoms with Gasteiger partial charge in [-0.2, -0.15) is 0 Å². The van der Waals surface area contributed by atoms with Crippen LogP contribution in [0.15, 0.2) is 70.0 Å². The third kappa shape index (κ3) is 7.82. The summed E-state index contributed by atoms with van der Waals surface area (Å²) in [5, 5.41) is 12.0. The lowest BCUT2D eigenvalue weighted by Crippen LogP contribution is -2.44. The van der Waals surface area contributed by atoms with Gasteiger partial charge in [0.05, 0.1) is 12.0 Å². The number of ether oxygens (including phenoxy) is 2. The van der Waals surface area contributed by atoms with Crippen LogP contribution in [0.3, 0.4) is 0 Å². The Balaban J connectivity index is 1.69. The fraction of sp³-hybridized carbons (Fsp3) is 0.154. The highest BCUT2D eigenvalue weighted by Gasteiger charge is 2.21. The first kappa shape index (κ1) is 26.7. The summed E-state index contributed by atoms with van der Waals surface area (Å²) in [5.74, 6) is 0.0208. The highest BCUT2D eigenvalue weighted by Crippen LogP contribution is 2.31. The maximum absolute atomic E-state index is 12.4. The van der Waals surface area contributed by atoms with E-state index in [0.717, 1.165) is 17.3 Å². The quantitative estimate of drug-likeness (QED) is 0.191. The average Bonchev–Trinajstić information content (AvgIpc) is 3.35. The second-order valence-electron chi connectivity index (χ2n) is 7.41. The van der Waals surface area contributed by atoms with Crippen molar-refractivity contribution in [2.75, 3.05) is 13.7 Å². The molecule has 8 nitrogen and oxygen atoms in total. The number of furan rings is 1.